The zero-order chi connectivity index (χ0) is 12.4. The highest BCUT2D eigenvalue weighted by Gasteiger charge is 2.27. The minimum Gasteiger partial charge on any atom is -0.329 e. The van der Waals surface area contributed by atoms with Crippen LogP contribution in [0.3, 0.4) is 0 Å². The molecule has 1 saturated carbocycles. The van der Waals surface area contributed by atoms with Gasteiger partial charge in [-0.2, -0.15) is 0 Å². The molecule has 0 radical (unpaired) electrons. The summed E-state index contributed by atoms with van der Waals surface area (Å²) in [6.07, 6.45) is 2.46. The molecule has 0 bridgehead atoms. The third-order valence-corrected chi connectivity index (χ3v) is 3.34. The van der Waals surface area contributed by atoms with Gasteiger partial charge in [-0.3, -0.25) is 4.90 Å². The minimum absolute atomic E-state index is 0.244. The smallest absolute Gasteiger partial charge is 0.163 e. The Bertz CT molecular complexity index is 391. The summed E-state index contributed by atoms with van der Waals surface area (Å²) in [6, 6.07) is 4.03. The predicted molar refractivity (Wildman–Crippen MR) is 63.5 cm³/mol. The number of nitrogens with two attached hydrogens (primary N) is 1. The lowest BCUT2D eigenvalue weighted by Gasteiger charge is -2.27. The van der Waals surface area contributed by atoms with Crippen molar-refractivity contribution in [3.8, 4) is 0 Å². The average Bonchev–Trinajstić information content (AvgIpc) is 3.09. The van der Waals surface area contributed by atoms with E-state index < -0.39 is 11.6 Å². The minimum atomic E-state index is -0.805. The number of halogens is 2. The molecule has 1 aromatic rings. The van der Waals surface area contributed by atoms with Crippen LogP contribution in [0.4, 0.5) is 8.78 Å². The quantitative estimate of drug-likeness (QED) is 0.855. The molecular formula is C13H18F2N2. The van der Waals surface area contributed by atoms with E-state index in [1.807, 2.05) is 11.9 Å². The van der Waals surface area contributed by atoms with Crippen LogP contribution in [0.5, 0.6) is 0 Å². The zero-order valence-corrected chi connectivity index (χ0v) is 10.00. The van der Waals surface area contributed by atoms with Gasteiger partial charge in [-0.05, 0) is 31.9 Å². The zero-order valence-electron chi connectivity index (χ0n) is 10.00. The fourth-order valence-corrected chi connectivity index (χ4v) is 2.16. The predicted octanol–water partition coefficient (Wildman–Crippen LogP) is 2.31. The molecule has 1 fully saturated rings. The van der Waals surface area contributed by atoms with Crippen molar-refractivity contribution in [2.75, 3.05) is 20.1 Å². The van der Waals surface area contributed by atoms with Crippen molar-refractivity contribution in [3.63, 3.8) is 0 Å². The Morgan fingerprint density at radius 2 is 2.12 bits per heavy atom. The van der Waals surface area contributed by atoms with Crippen molar-refractivity contribution in [2.45, 2.75) is 18.9 Å². The molecule has 1 atom stereocenters. The molecule has 2 rings (SSSR count). The second-order valence-electron chi connectivity index (χ2n) is 4.78. The summed E-state index contributed by atoms with van der Waals surface area (Å²) in [5, 5.41) is 0. The molecule has 1 aliphatic rings. The SMILES string of the molecule is CN(CC1CC1)C(CN)c1cccc(F)c1F. The Labute approximate surface area is 100 Å². The normalized spacial score (nSPS) is 17.5. The summed E-state index contributed by atoms with van der Waals surface area (Å²) in [6.45, 7) is 1.20. The van der Waals surface area contributed by atoms with Crippen LogP contribution in [-0.2, 0) is 0 Å². The fourth-order valence-electron chi connectivity index (χ4n) is 2.16. The number of nitrogens with zero attached hydrogens (tertiary/aromatic N) is 1. The summed E-state index contributed by atoms with van der Waals surface area (Å²) < 4.78 is 26.9. The van der Waals surface area contributed by atoms with Gasteiger partial charge in [0.05, 0.1) is 0 Å². The van der Waals surface area contributed by atoms with Gasteiger partial charge in [-0.15, -0.1) is 0 Å². The first kappa shape index (κ1) is 12.5. The van der Waals surface area contributed by atoms with Crippen molar-refractivity contribution in [3.05, 3.63) is 35.4 Å². The van der Waals surface area contributed by atoms with Crippen LogP contribution in [0.1, 0.15) is 24.4 Å². The number of hydrogen-bond donors (Lipinski definition) is 1. The second kappa shape index (κ2) is 5.10. The monoisotopic (exact) mass is 240 g/mol. The molecule has 17 heavy (non-hydrogen) atoms. The summed E-state index contributed by atoms with van der Waals surface area (Å²) in [5.41, 5.74) is 6.05. The van der Waals surface area contributed by atoms with Gasteiger partial charge in [0, 0.05) is 24.7 Å². The van der Waals surface area contributed by atoms with Crippen molar-refractivity contribution in [1.29, 1.82) is 0 Å². The molecule has 0 aromatic heterocycles. The van der Waals surface area contributed by atoms with E-state index in [-0.39, 0.29) is 6.04 Å². The van der Waals surface area contributed by atoms with Gasteiger partial charge in [-0.25, -0.2) is 8.78 Å². The van der Waals surface area contributed by atoms with Gasteiger partial charge >= 0.3 is 0 Å². The number of hydrogen-bond acceptors (Lipinski definition) is 2. The molecule has 0 amide bonds. The molecule has 0 saturated heterocycles. The molecule has 94 valence electrons. The first-order valence-electron chi connectivity index (χ1n) is 5.97. The van der Waals surface area contributed by atoms with Gasteiger partial charge in [-0.1, -0.05) is 12.1 Å². The van der Waals surface area contributed by atoms with Gasteiger partial charge in [0.15, 0.2) is 11.6 Å². The average molecular weight is 240 g/mol. The lowest BCUT2D eigenvalue weighted by Crippen LogP contribution is -2.32. The van der Waals surface area contributed by atoms with E-state index in [1.165, 1.54) is 18.9 Å². The topological polar surface area (TPSA) is 29.3 Å². The van der Waals surface area contributed by atoms with Crippen LogP contribution in [-0.4, -0.2) is 25.0 Å². The van der Waals surface area contributed by atoms with Gasteiger partial charge < -0.3 is 5.73 Å². The maximum atomic E-state index is 13.7. The molecule has 4 heteroatoms. The summed E-state index contributed by atoms with van der Waals surface area (Å²) in [4.78, 5) is 2.02. The highest BCUT2D eigenvalue weighted by molar-refractivity contribution is 5.23. The number of benzene rings is 1. The molecule has 0 aliphatic heterocycles. The Morgan fingerprint density at radius 1 is 1.41 bits per heavy atom. The Kier molecular flexibility index (Phi) is 3.74. The van der Waals surface area contributed by atoms with E-state index in [4.69, 9.17) is 5.73 Å². The van der Waals surface area contributed by atoms with Crippen molar-refractivity contribution >= 4 is 0 Å². The van der Waals surface area contributed by atoms with E-state index in [9.17, 15) is 8.78 Å². The fraction of sp³-hybridized carbons (Fsp3) is 0.538. The van der Waals surface area contributed by atoms with Crippen molar-refractivity contribution < 1.29 is 8.78 Å². The lowest BCUT2D eigenvalue weighted by atomic mass is 10.0. The van der Waals surface area contributed by atoms with Crippen molar-refractivity contribution in [2.24, 2.45) is 11.7 Å². The first-order chi connectivity index (χ1) is 8.13. The second-order valence-corrected chi connectivity index (χ2v) is 4.78. The molecule has 0 spiro atoms. The number of rotatable bonds is 5. The summed E-state index contributed by atoms with van der Waals surface area (Å²) >= 11 is 0. The lowest BCUT2D eigenvalue weighted by molar-refractivity contribution is 0.234. The molecule has 1 unspecified atom stereocenters. The summed E-state index contributed by atoms with van der Waals surface area (Å²) in [5.74, 6) is -0.878. The van der Waals surface area contributed by atoms with Crippen LogP contribution in [0.25, 0.3) is 0 Å². The Morgan fingerprint density at radius 3 is 2.71 bits per heavy atom. The molecule has 0 heterocycles. The van der Waals surface area contributed by atoms with Crippen LogP contribution < -0.4 is 5.73 Å². The van der Waals surface area contributed by atoms with Gasteiger partial charge in [0.25, 0.3) is 0 Å². The van der Waals surface area contributed by atoms with Crippen LogP contribution in [0.15, 0.2) is 18.2 Å². The molecule has 2 nitrogen and oxygen atoms in total. The van der Waals surface area contributed by atoms with E-state index in [1.54, 1.807) is 6.07 Å². The third-order valence-electron chi connectivity index (χ3n) is 3.34. The van der Waals surface area contributed by atoms with E-state index in [0.29, 0.717) is 18.0 Å². The molecule has 1 aromatic carbocycles. The van der Waals surface area contributed by atoms with Crippen LogP contribution >= 0.6 is 0 Å². The highest BCUT2D eigenvalue weighted by atomic mass is 19.2. The molecule has 2 N–H and O–H groups in total. The Hall–Kier alpha value is -1.00. The van der Waals surface area contributed by atoms with Crippen LogP contribution in [0, 0.1) is 17.6 Å². The van der Waals surface area contributed by atoms with E-state index in [0.717, 1.165) is 12.6 Å². The van der Waals surface area contributed by atoms with E-state index >= 15 is 0 Å². The maximum Gasteiger partial charge on any atom is 0.163 e. The Balaban J connectivity index is 2.17. The summed E-state index contributed by atoms with van der Waals surface area (Å²) in [7, 11) is 1.92. The molecular weight excluding hydrogens is 222 g/mol. The van der Waals surface area contributed by atoms with Crippen molar-refractivity contribution in [1.82, 2.24) is 4.90 Å². The van der Waals surface area contributed by atoms with Crippen LogP contribution in [0.2, 0.25) is 0 Å². The number of likely N-dealkylation sites (N-methyl/N-ethyl adjacent to an activating group) is 1. The maximum absolute atomic E-state index is 13.7. The van der Waals surface area contributed by atoms with Gasteiger partial charge in [0.1, 0.15) is 0 Å². The van der Waals surface area contributed by atoms with Gasteiger partial charge in [0.2, 0.25) is 0 Å². The largest absolute Gasteiger partial charge is 0.329 e. The third kappa shape index (κ3) is 2.82. The van der Waals surface area contributed by atoms with E-state index in [2.05, 4.69) is 0 Å². The highest BCUT2D eigenvalue weighted by Crippen LogP contribution is 2.32. The standard InChI is InChI=1S/C13H18F2N2/c1-17(8-9-5-6-9)12(7-16)10-3-2-4-11(14)13(10)15/h2-4,9,12H,5-8,16H2,1H3. The first-order valence-corrected chi connectivity index (χ1v) is 5.97. The molecule has 1 aliphatic carbocycles.